The Bertz CT molecular complexity index is 1030. The van der Waals surface area contributed by atoms with Crippen molar-refractivity contribution in [3.63, 3.8) is 0 Å². The molecule has 1 N–H and O–H groups in total. The number of carboxylic acid groups (broad SMARTS) is 1. The quantitative estimate of drug-likeness (QED) is 0.565. The number of hydrogen-bond donors (Lipinski definition) is 1. The Labute approximate surface area is 169 Å². The van der Waals surface area contributed by atoms with E-state index in [4.69, 9.17) is 16.3 Å². The Kier molecular flexibility index (Phi) is 5.07. The molecule has 0 unspecified atom stereocenters. The van der Waals surface area contributed by atoms with Gasteiger partial charge in [-0.2, -0.15) is 0 Å². The Hall–Kier alpha value is -2.46. The first kappa shape index (κ1) is 18.9. The number of nitrogens with zero attached hydrogens (tertiary/aromatic N) is 1. The number of aromatic carboxylic acids is 1. The first-order chi connectivity index (χ1) is 13.5. The van der Waals surface area contributed by atoms with Crippen LogP contribution in [0.5, 0.6) is 5.75 Å². The molecular formula is C23H24ClNO3. The average Bonchev–Trinajstić information content (AvgIpc) is 3.02. The summed E-state index contributed by atoms with van der Waals surface area (Å²) < 4.78 is 7.37. The van der Waals surface area contributed by atoms with Gasteiger partial charge in [0.05, 0.1) is 28.9 Å². The molecule has 4 rings (SSSR count). The fraction of sp³-hybridized carbons (Fsp3) is 0.348. The number of halogens is 1. The number of aromatic nitrogens is 1. The van der Waals surface area contributed by atoms with Crippen LogP contribution < -0.4 is 4.74 Å². The summed E-state index contributed by atoms with van der Waals surface area (Å²) in [6.07, 6.45) is 6.04. The number of aryl methyl sites for hydroxylation is 1. The van der Waals surface area contributed by atoms with Crippen LogP contribution in [-0.2, 0) is 7.05 Å². The third kappa shape index (κ3) is 3.06. The van der Waals surface area contributed by atoms with Crippen LogP contribution in [0.4, 0.5) is 0 Å². The molecule has 0 amide bonds. The summed E-state index contributed by atoms with van der Waals surface area (Å²) in [5.74, 6) is 0.271. The van der Waals surface area contributed by atoms with Crippen molar-refractivity contribution in [2.45, 2.75) is 38.0 Å². The van der Waals surface area contributed by atoms with Gasteiger partial charge in [-0.25, -0.2) is 4.79 Å². The van der Waals surface area contributed by atoms with Gasteiger partial charge >= 0.3 is 5.97 Å². The lowest BCUT2D eigenvalue weighted by molar-refractivity contribution is 0.0697. The molecule has 1 aromatic heterocycles. The molecule has 0 atom stereocenters. The maximum Gasteiger partial charge on any atom is 0.337 e. The zero-order chi connectivity index (χ0) is 19.8. The molecule has 1 saturated carbocycles. The van der Waals surface area contributed by atoms with Gasteiger partial charge in [0.25, 0.3) is 0 Å². The molecule has 1 heterocycles. The fourth-order valence-corrected chi connectivity index (χ4v) is 4.97. The number of ether oxygens (including phenoxy) is 1. The topological polar surface area (TPSA) is 51.5 Å². The van der Waals surface area contributed by atoms with Crippen molar-refractivity contribution in [3.05, 3.63) is 52.5 Å². The first-order valence-corrected chi connectivity index (χ1v) is 10.1. The van der Waals surface area contributed by atoms with E-state index in [0.717, 1.165) is 40.8 Å². The molecule has 1 fully saturated rings. The summed E-state index contributed by atoms with van der Waals surface area (Å²) in [5.41, 5.74) is 4.45. The molecule has 1 aliphatic rings. The number of hydrogen-bond acceptors (Lipinski definition) is 2. The standard InChI is InChI=1S/C23H24ClNO3/c1-25-21(15-8-10-16(28-2)11-9-15)19(14-6-4-3-5-7-14)17-12-13-18(23(26)27)20(24)22(17)25/h8-14H,3-7H2,1-2H3,(H,26,27). The van der Waals surface area contributed by atoms with E-state index in [0.29, 0.717) is 10.9 Å². The summed E-state index contributed by atoms with van der Waals surface area (Å²) in [6, 6.07) is 11.6. The predicted octanol–water partition coefficient (Wildman–Crippen LogP) is 6.25. The Balaban J connectivity index is 2.01. The highest BCUT2D eigenvalue weighted by Gasteiger charge is 2.27. The Morgan fingerprint density at radius 2 is 1.79 bits per heavy atom. The molecule has 5 heteroatoms. The van der Waals surface area contributed by atoms with Gasteiger partial charge in [-0.1, -0.05) is 36.9 Å². The monoisotopic (exact) mass is 397 g/mol. The molecule has 0 bridgehead atoms. The number of carboxylic acids is 1. The maximum atomic E-state index is 11.6. The minimum absolute atomic E-state index is 0.145. The second-order valence-electron chi connectivity index (χ2n) is 7.51. The Morgan fingerprint density at radius 3 is 2.39 bits per heavy atom. The summed E-state index contributed by atoms with van der Waals surface area (Å²) in [7, 11) is 3.64. The summed E-state index contributed by atoms with van der Waals surface area (Å²) >= 11 is 6.58. The van der Waals surface area contributed by atoms with Gasteiger partial charge in [-0.05, 0) is 60.2 Å². The molecule has 0 spiro atoms. The van der Waals surface area contributed by atoms with Crippen LogP contribution in [0.15, 0.2) is 36.4 Å². The smallest absolute Gasteiger partial charge is 0.337 e. The van der Waals surface area contributed by atoms with E-state index in [1.54, 1.807) is 13.2 Å². The third-order valence-corrected chi connectivity index (χ3v) is 6.32. The summed E-state index contributed by atoms with van der Waals surface area (Å²) in [4.78, 5) is 11.6. The number of methoxy groups -OCH3 is 1. The lowest BCUT2D eigenvalue weighted by Crippen LogP contribution is -2.06. The van der Waals surface area contributed by atoms with E-state index in [1.165, 1.54) is 24.8 Å². The van der Waals surface area contributed by atoms with Crippen molar-refractivity contribution in [2.24, 2.45) is 7.05 Å². The second kappa shape index (κ2) is 7.51. The van der Waals surface area contributed by atoms with Crippen molar-refractivity contribution in [1.82, 2.24) is 4.57 Å². The summed E-state index contributed by atoms with van der Waals surface area (Å²) in [6.45, 7) is 0. The highest BCUT2D eigenvalue weighted by molar-refractivity contribution is 6.38. The Morgan fingerprint density at radius 1 is 1.11 bits per heavy atom. The van der Waals surface area contributed by atoms with Crippen molar-refractivity contribution in [1.29, 1.82) is 0 Å². The largest absolute Gasteiger partial charge is 0.497 e. The van der Waals surface area contributed by atoms with Crippen LogP contribution in [0.25, 0.3) is 22.2 Å². The number of rotatable bonds is 4. The van der Waals surface area contributed by atoms with Crippen LogP contribution in [0, 0.1) is 0 Å². The van der Waals surface area contributed by atoms with Crippen LogP contribution in [0.1, 0.15) is 53.9 Å². The van der Waals surface area contributed by atoms with Gasteiger partial charge in [-0.15, -0.1) is 0 Å². The number of benzene rings is 2. The zero-order valence-corrected chi connectivity index (χ0v) is 16.9. The highest BCUT2D eigenvalue weighted by atomic mass is 35.5. The van der Waals surface area contributed by atoms with Crippen molar-refractivity contribution in [2.75, 3.05) is 7.11 Å². The maximum absolute atomic E-state index is 11.6. The van der Waals surface area contributed by atoms with Crippen molar-refractivity contribution < 1.29 is 14.6 Å². The van der Waals surface area contributed by atoms with Gasteiger partial charge in [0.1, 0.15) is 5.75 Å². The molecule has 0 radical (unpaired) electrons. The molecule has 3 aromatic rings. The van der Waals surface area contributed by atoms with E-state index < -0.39 is 5.97 Å². The average molecular weight is 398 g/mol. The molecule has 0 saturated heterocycles. The molecule has 28 heavy (non-hydrogen) atoms. The molecule has 2 aromatic carbocycles. The van der Waals surface area contributed by atoms with E-state index in [1.807, 2.05) is 25.2 Å². The first-order valence-electron chi connectivity index (χ1n) is 9.71. The highest BCUT2D eigenvalue weighted by Crippen LogP contribution is 2.45. The van der Waals surface area contributed by atoms with Gasteiger partial charge in [0, 0.05) is 12.4 Å². The number of carbonyl (C=O) groups is 1. The van der Waals surface area contributed by atoms with Gasteiger partial charge < -0.3 is 14.4 Å². The molecule has 0 aliphatic heterocycles. The zero-order valence-electron chi connectivity index (χ0n) is 16.2. The van der Waals surface area contributed by atoms with Crippen molar-refractivity contribution in [3.8, 4) is 17.0 Å². The van der Waals surface area contributed by atoms with E-state index >= 15 is 0 Å². The molecule has 146 valence electrons. The van der Waals surface area contributed by atoms with Crippen LogP contribution in [0.2, 0.25) is 5.02 Å². The molecular weight excluding hydrogens is 374 g/mol. The van der Waals surface area contributed by atoms with Crippen molar-refractivity contribution >= 4 is 28.5 Å². The minimum Gasteiger partial charge on any atom is -0.497 e. The van der Waals surface area contributed by atoms with Gasteiger partial charge in [-0.3, -0.25) is 0 Å². The second-order valence-corrected chi connectivity index (χ2v) is 7.89. The SMILES string of the molecule is COc1ccc(-c2c(C3CCCCC3)c3ccc(C(=O)O)c(Cl)c3n2C)cc1. The number of fused-ring (bicyclic) bond motifs is 1. The predicted molar refractivity (Wildman–Crippen MR) is 113 cm³/mol. The lowest BCUT2D eigenvalue weighted by atomic mass is 9.82. The van der Waals surface area contributed by atoms with Gasteiger partial charge in [0.15, 0.2) is 0 Å². The summed E-state index contributed by atoms with van der Waals surface area (Å²) in [5, 5.41) is 10.9. The van der Waals surface area contributed by atoms with Crippen LogP contribution in [-0.4, -0.2) is 22.8 Å². The van der Waals surface area contributed by atoms with E-state index in [2.05, 4.69) is 16.7 Å². The van der Waals surface area contributed by atoms with Crippen LogP contribution in [0.3, 0.4) is 0 Å². The third-order valence-electron chi connectivity index (χ3n) is 5.94. The normalized spacial score (nSPS) is 15.1. The minimum atomic E-state index is -1.00. The molecule has 4 nitrogen and oxygen atoms in total. The van der Waals surface area contributed by atoms with Gasteiger partial charge in [0.2, 0.25) is 0 Å². The van der Waals surface area contributed by atoms with Crippen LogP contribution >= 0.6 is 11.6 Å². The fourth-order valence-electron chi connectivity index (χ4n) is 4.60. The lowest BCUT2D eigenvalue weighted by Gasteiger charge is -2.23. The van der Waals surface area contributed by atoms with E-state index in [9.17, 15) is 9.90 Å². The molecule has 1 aliphatic carbocycles. The van der Waals surface area contributed by atoms with E-state index in [-0.39, 0.29) is 5.56 Å².